The molecule has 9 heteroatoms. The van der Waals surface area contributed by atoms with Crippen LogP contribution in [0.25, 0.3) is 0 Å². The topological polar surface area (TPSA) is 131 Å². The number of nitrogens with zero attached hydrogens (tertiary/aromatic N) is 3. The average molecular weight is 240 g/mol. The van der Waals surface area contributed by atoms with Crippen molar-refractivity contribution < 1.29 is 15.0 Å². The molecule has 0 radical (unpaired) electrons. The van der Waals surface area contributed by atoms with Gasteiger partial charge in [-0.1, -0.05) is 0 Å². The molecular formula is C8H8N4O5. The zero-order valence-electron chi connectivity index (χ0n) is 8.44. The first-order chi connectivity index (χ1) is 8.06. The van der Waals surface area contributed by atoms with Gasteiger partial charge in [-0.15, -0.1) is 0 Å². The summed E-state index contributed by atoms with van der Waals surface area (Å²) in [5, 5.41) is 33.0. The third kappa shape index (κ3) is 3.21. The second kappa shape index (κ2) is 5.51. The van der Waals surface area contributed by atoms with Gasteiger partial charge < -0.3 is 5.11 Å². The molecule has 0 amide bonds. The third-order valence-electron chi connectivity index (χ3n) is 1.75. The summed E-state index contributed by atoms with van der Waals surface area (Å²) < 4.78 is 0. The summed E-state index contributed by atoms with van der Waals surface area (Å²) in [5.41, 5.74) is 1.47. The Morgan fingerprint density at radius 3 is 2.59 bits per heavy atom. The molecule has 0 aromatic heterocycles. The Labute approximate surface area is 94.7 Å². The first-order valence-electron chi connectivity index (χ1n) is 4.37. The number of rotatable bonds is 5. The molecule has 0 aliphatic heterocycles. The van der Waals surface area contributed by atoms with Crippen molar-refractivity contribution in [3.05, 3.63) is 38.4 Å². The number of hydrazone groups is 1. The van der Waals surface area contributed by atoms with E-state index in [0.717, 1.165) is 18.3 Å². The van der Waals surface area contributed by atoms with Gasteiger partial charge in [-0.25, -0.2) is 0 Å². The lowest BCUT2D eigenvalue weighted by Crippen LogP contribution is -1.99. The monoisotopic (exact) mass is 240 g/mol. The number of aliphatic hydroxyl groups excluding tert-OH is 1. The normalized spacial score (nSPS) is 10.4. The van der Waals surface area contributed by atoms with Crippen LogP contribution in [0.2, 0.25) is 0 Å². The molecule has 0 unspecified atom stereocenters. The molecule has 1 aromatic carbocycles. The number of benzene rings is 1. The van der Waals surface area contributed by atoms with Crippen LogP contribution in [0.1, 0.15) is 0 Å². The first kappa shape index (κ1) is 12.5. The smallest absolute Gasteiger partial charge is 0.301 e. The number of nitro groups is 2. The Morgan fingerprint density at radius 2 is 2.06 bits per heavy atom. The van der Waals surface area contributed by atoms with Gasteiger partial charge in [0.05, 0.1) is 28.7 Å². The summed E-state index contributed by atoms with van der Waals surface area (Å²) in [5.74, 6) is 0. The summed E-state index contributed by atoms with van der Waals surface area (Å²) in [4.78, 5) is 19.6. The second-order valence-electron chi connectivity index (χ2n) is 2.82. The van der Waals surface area contributed by atoms with Crippen molar-refractivity contribution in [3.63, 3.8) is 0 Å². The van der Waals surface area contributed by atoms with Gasteiger partial charge in [0.1, 0.15) is 5.69 Å². The van der Waals surface area contributed by atoms with Crippen molar-refractivity contribution in [3.8, 4) is 0 Å². The van der Waals surface area contributed by atoms with Crippen LogP contribution in [0.5, 0.6) is 0 Å². The number of nitro benzene ring substituents is 2. The molecule has 2 N–H and O–H groups in total. The van der Waals surface area contributed by atoms with E-state index in [2.05, 4.69) is 10.5 Å². The Hall–Kier alpha value is -2.55. The maximum atomic E-state index is 10.7. The Kier molecular flexibility index (Phi) is 4.06. The maximum Gasteiger partial charge on any atom is 0.301 e. The van der Waals surface area contributed by atoms with Gasteiger partial charge in [-0.05, 0) is 6.07 Å². The van der Waals surface area contributed by atoms with E-state index in [1.165, 1.54) is 6.07 Å². The molecular weight excluding hydrogens is 232 g/mol. The van der Waals surface area contributed by atoms with E-state index in [4.69, 9.17) is 5.11 Å². The minimum absolute atomic E-state index is 0.00491. The van der Waals surface area contributed by atoms with Crippen LogP contribution in [0, 0.1) is 20.2 Å². The Balaban J connectivity index is 3.08. The van der Waals surface area contributed by atoms with Crippen LogP contribution in [-0.2, 0) is 0 Å². The number of non-ortho nitro benzene ring substituents is 1. The van der Waals surface area contributed by atoms with Crippen LogP contribution >= 0.6 is 0 Å². The highest BCUT2D eigenvalue weighted by molar-refractivity contribution is 5.67. The fourth-order valence-corrected chi connectivity index (χ4v) is 1.04. The van der Waals surface area contributed by atoms with Gasteiger partial charge in [-0.3, -0.25) is 25.7 Å². The molecule has 1 aromatic rings. The van der Waals surface area contributed by atoms with E-state index < -0.39 is 15.5 Å². The van der Waals surface area contributed by atoms with Crippen LogP contribution in [0.3, 0.4) is 0 Å². The quantitative estimate of drug-likeness (QED) is 0.446. The lowest BCUT2D eigenvalue weighted by molar-refractivity contribution is -0.393. The molecule has 0 spiro atoms. The van der Waals surface area contributed by atoms with E-state index >= 15 is 0 Å². The summed E-state index contributed by atoms with van der Waals surface area (Å²) in [6.45, 7) is -0.326. The van der Waals surface area contributed by atoms with Crippen LogP contribution in [-0.4, -0.2) is 27.8 Å². The maximum absolute atomic E-state index is 10.7. The molecule has 17 heavy (non-hydrogen) atoms. The number of aliphatic hydroxyl groups is 1. The molecule has 0 fully saturated rings. The highest BCUT2D eigenvalue weighted by atomic mass is 16.6. The molecule has 9 nitrogen and oxygen atoms in total. The molecule has 0 saturated carbocycles. The van der Waals surface area contributed by atoms with Crippen molar-refractivity contribution >= 4 is 23.3 Å². The summed E-state index contributed by atoms with van der Waals surface area (Å²) in [6, 6.07) is 3.12. The number of anilines is 1. The average Bonchev–Trinajstić information content (AvgIpc) is 2.29. The van der Waals surface area contributed by atoms with Gasteiger partial charge in [0.2, 0.25) is 0 Å². The standard InChI is InChI=1S/C8H8N4O5/c13-4-3-9-10-7-2-1-6(11(14)15)5-8(7)12(16)17/h1-3,5,10,13H,4H2/b9-3+. The van der Waals surface area contributed by atoms with Crippen molar-refractivity contribution in [2.45, 2.75) is 0 Å². The van der Waals surface area contributed by atoms with Crippen molar-refractivity contribution in [2.75, 3.05) is 12.0 Å². The molecule has 0 atom stereocenters. The molecule has 0 aliphatic carbocycles. The van der Waals surface area contributed by atoms with Crippen LogP contribution in [0.4, 0.5) is 17.1 Å². The van der Waals surface area contributed by atoms with Crippen LogP contribution < -0.4 is 5.43 Å². The summed E-state index contributed by atoms with van der Waals surface area (Å²) in [7, 11) is 0. The van der Waals surface area contributed by atoms with Gasteiger partial charge in [-0.2, -0.15) is 5.10 Å². The first-order valence-corrected chi connectivity index (χ1v) is 4.37. The van der Waals surface area contributed by atoms with E-state index in [9.17, 15) is 20.2 Å². The molecule has 90 valence electrons. The zero-order valence-corrected chi connectivity index (χ0v) is 8.44. The third-order valence-corrected chi connectivity index (χ3v) is 1.75. The molecule has 0 saturated heterocycles. The number of nitrogens with one attached hydrogen (secondary N) is 1. The van der Waals surface area contributed by atoms with Gasteiger partial charge in [0, 0.05) is 6.07 Å². The molecule has 0 aliphatic rings. The zero-order chi connectivity index (χ0) is 12.8. The second-order valence-corrected chi connectivity index (χ2v) is 2.82. The van der Waals surface area contributed by atoms with Crippen molar-refractivity contribution in [1.29, 1.82) is 0 Å². The van der Waals surface area contributed by atoms with Crippen LogP contribution in [0.15, 0.2) is 23.3 Å². The van der Waals surface area contributed by atoms with Crippen molar-refractivity contribution in [1.82, 2.24) is 0 Å². The van der Waals surface area contributed by atoms with Gasteiger partial charge >= 0.3 is 5.69 Å². The molecule has 0 bridgehead atoms. The van der Waals surface area contributed by atoms with Gasteiger partial charge in [0.25, 0.3) is 5.69 Å². The SMILES string of the molecule is O=[N+]([O-])c1ccc(N/N=C/CO)c([N+](=O)[O-])c1. The summed E-state index contributed by atoms with van der Waals surface area (Å²) in [6.07, 6.45) is 1.09. The van der Waals surface area contributed by atoms with Gasteiger partial charge in [0.15, 0.2) is 0 Å². The number of hydrogen-bond donors (Lipinski definition) is 2. The molecule has 1 rings (SSSR count). The van der Waals surface area contributed by atoms with E-state index in [-0.39, 0.29) is 18.0 Å². The highest BCUT2D eigenvalue weighted by Gasteiger charge is 2.18. The minimum Gasteiger partial charge on any atom is -0.391 e. The van der Waals surface area contributed by atoms with Crippen molar-refractivity contribution in [2.24, 2.45) is 5.10 Å². The Bertz CT molecular complexity index is 473. The van der Waals surface area contributed by atoms with E-state index in [0.29, 0.717) is 0 Å². The van der Waals surface area contributed by atoms with E-state index in [1.54, 1.807) is 0 Å². The largest absolute Gasteiger partial charge is 0.391 e. The van der Waals surface area contributed by atoms with E-state index in [1.807, 2.05) is 0 Å². The lowest BCUT2D eigenvalue weighted by atomic mass is 10.2. The predicted molar refractivity (Wildman–Crippen MR) is 59.0 cm³/mol. The number of hydrogen-bond acceptors (Lipinski definition) is 7. The lowest BCUT2D eigenvalue weighted by Gasteiger charge is -2.01. The fraction of sp³-hybridized carbons (Fsp3) is 0.125. The fourth-order valence-electron chi connectivity index (χ4n) is 1.04. The predicted octanol–water partition coefficient (Wildman–Crippen LogP) is 0.893. The highest BCUT2D eigenvalue weighted by Crippen LogP contribution is 2.28. The summed E-state index contributed by atoms with van der Waals surface area (Å²) >= 11 is 0. The Morgan fingerprint density at radius 1 is 1.35 bits per heavy atom. The minimum atomic E-state index is -0.760. The molecule has 0 heterocycles.